The van der Waals surface area contributed by atoms with Crippen molar-refractivity contribution < 1.29 is 15.0 Å². The lowest BCUT2D eigenvalue weighted by Crippen LogP contribution is -2.45. The van der Waals surface area contributed by atoms with Crippen molar-refractivity contribution in [2.75, 3.05) is 6.61 Å². The zero-order chi connectivity index (χ0) is 41.4. The molecule has 57 heavy (non-hydrogen) atoms. The highest BCUT2D eigenvalue weighted by atomic mass is 16.3. The topological polar surface area (TPSA) is 69.6 Å². The van der Waals surface area contributed by atoms with Crippen molar-refractivity contribution in [3.05, 3.63) is 85.1 Å². The summed E-state index contributed by atoms with van der Waals surface area (Å²) in [5, 5.41) is 23.0. The van der Waals surface area contributed by atoms with Crippen molar-refractivity contribution in [2.45, 2.75) is 238 Å². The summed E-state index contributed by atoms with van der Waals surface area (Å²) in [5.74, 6) is -0.132. The van der Waals surface area contributed by atoms with Gasteiger partial charge in [0.1, 0.15) is 0 Å². The van der Waals surface area contributed by atoms with Crippen LogP contribution in [-0.4, -0.2) is 34.9 Å². The van der Waals surface area contributed by atoms with Gasteiger partial charge in [-0.15, -0.1) is 0 Å². The second-order valence-electron chi connectivity index (χ2n) is 16.1. The van der Waals surface area contributed by atoms with Gasteiger partial charge in [0.05, 0.1) is 18.8 Å². The average molecular weight is 792 g/mol. The largest absolute Gasteiger partial charge is 0.394 e. The van der Waals surface area contributed by atoms with Gasteiger partial charge >= 0.3 is 0 Å². The van der Waals surface area contributed by atoms with Gasteiger partial charge in [0.15, 0.2) is 0 Å². The number of aliphatic hydroxyl groups excluding tert-OH is 2. The van der Waals surface area contributed by atoms with Crippen molar-refractivity contribution in [3.8, 4) is 0 Å². The van der Waals surface area contributed by atoms with Crippen LogP contribution in [0.5, 0.6) is 0 Å². The maximum Gasteiger partial charge on any atom is 0.220 e. The van der Waals surface area contributed by atoms with E-state index in [-0.39, 0.29) is 12.5 Å². The molecule has 2 unspecified atom stereocenters. The normalized spacial score (nSPS) is 13.7. The Morgan fingerprint density at radius 2 is 0.789 bits per heavy atom. The molecule has 0 aromatic heterocycles. The Morgan fingerprint density at radius 1 is 0.439 bits per heavy atom. The molecule has 0 heterocycles. The van der Waals surface area contributed by atoms with Gasteiger partial charge in [0.2, 0.25) is 5.91 Å². The smallest absolute Gasteiger partial charge is 0.220 e. The summed E-state index contributed by atoms with van der Waals surface area (Å²) >= 11 is 0. The molecule has 4 nitrogen and oxygen atoms in total. The van der Waals surface area contributed by atoms with Gasteiger partial charge in [0.25, 0.3) is 0 Å². The lowest BCUT2D eigenvalue weighted by molar-refractivity contribution is -0.122. The third-order valence-electron chi connectivity index (χ3n) is 10.6. The molecule has 1 amide bonds. The van der Waals surface area contributed by atoms with E-state index in [2.05, 4.69) is 92.1 Å². The Balaban J connectivity index is 3.63. The number of aliphatic hydroxyl groups is 2. The molecule has 0 bridgehead atoms. The lowest BCUT2D eigenvalue weighted by Gasteiger charge is -2.19. The second-order valence-corrected chi connectivity index (χ2v) is 16.1. The quantitative estimate of drug-likeness (QED) is 0.0425. The van der Waals surface area contributed by atoms with Gasteiger partial charge < -0.3 is 15.5 Å². The summed E-state index contributed by atoms with van der Waals surface area (Å²) in [6.07, 6.45) is 70.1. The molecule has 0 rings (SSSR count). The highest BCUT2D eigenvalue weighted by Gasteiger charge is 2.17. The standard InChI is InChI=1S/C53H93NO3/c1-3-5-7-9-11-13-15-17-19-21-22-23-24-25-26-27-28-29-30-31-33-34-36-38-40-42-44-46-48-52(56)51(50-55)54-53(57)49-47-45-43-41-39-37-35-32-20-18-16-14-12-10-8-6-4-2/h6,8,12,14,18,20,35,37-38,40-41,43,46,48,51-52,55-56H,3-5,7,9-11,13,15-17,19,21-34,36,39,42,44-45,47,49-50H2,1-2H3,(H,54,57)/b8-6-,14-12-,20-18-,37-35-,40-38+,43-41-,48-46+. The number of amides is 1. The fourth-order valence-electron chi connectivity index (χ4n) is 6.94. The monoisotopic (exact) mass is 792 g/mol. The van der Waals surface area contributed by atoms with Crippen LogP contribution in [0.2, 0.25) is 0 Å². The minimum absolute atomic E-state index is 0.132. The zero-order valence-corrected chi connectivity index (χ0v) is 37.6. The van der Waals surface area contributed by atoms with Gasteiger partial charge in [-0.2, -0.15) is 0 Å². The Bertz CT molecular complexity index is 1030. The second kappa shape index (κ2) is 47.9. The molecule has 0 saturated carbocycles. The molecule has 0 aliphatic carbocycles. The number of hydrogen-bond acceptors (Lipinski definition) is 3. The van der Waals surface area contributed by atoms with Crippen LogP contribution in [0.15, 0.2) is 85.1 Å². The number of hydrogen-bond donors (Lipinski definition) is 3. The van der Waals surface area contributed by atoms with Crippen molar-refractivity contribution in [1.29, 1.82) is 0 Å². The van der Waals surface area contributed by atoms with Gasteiger partial charge in [-0.05, 0) is 70.6 Å². The third-order valence-corrected chi connectivity index (χ3v) is 10.6. The van der Waals surface area contributed by atoms with Crippen molar-refractivity contribution in [2.24, 2.45) is 0 Å². The van der Waals surface area contributed by atoms with Crippen molar-refractivity contribution in [1.82, 2.24) is 5.32 Å². The molecule has 0 aliphatic heterocycles. The van der Waals surface area contributed by atoms with Crippen LogP contribution in [-0.2, 0) is 4.79 Å². The van der Waals surface area contributed by atoms with Gasteiger partial charge in [0, 0.05) is 6.42 Å². The third kappa shape index (κ3) is 44.5. The van der Waals surface area contributed by atoms with E-state index in [0.29, 0.717) is 6.42 Å². The van der Waals surface area contributed by atoms with E-state index in [1.807, 2.05) is 6.08 Å². The summed E-state index contributed by atoms with van der Waals surface area (Å²) in [6, 6.07) is -0.674. The molecule has 2 atom stereocenters. The van der Waals surface area contributed by atoms with Gasteiger partial charge in [-0.25, -0.2) is 0 Å². The van der Waals surface area contributed by atoms with Crippen LogP contribution < -0.4 is 5.32 Å². The highest BCUT2D eigenvalue weighted by Crippen LogP contribution is 2.16. The Kier molecular flexibility index (Phi) is 45.9. The van der Waals surface area contributed by atoms with E-state index in [9.17, 15) is 15.0 Å². The van der Waals surface area contributed by atoms with E-state index >= 15 is 0 Å². The molecule has 0 saturated heterocycles. The Morgan fingerprint density at radius 3 is 1.23 bits per heavy atom. The molecule has 3 N–H and O–H groups in total. The first-order valence-corrected chi connectivity index (χ1v) is 24.3. The van der Waals surface area contributed by atoms with E-state index < -0.39 is 12.1 Å². The molecule has 0 aromatic rings. The van der Waals surface area contributed by atoms with E-state index in [4.69, 9.17) is 0 Å². The molecule has 0 radical (unpaired) electrons. The van der Waals surface area contributed by atoms with E-state index in [1.54, 1.807) is 6.08 Å². The fraction of sp³-hybridized carbons (Fsp3) is 0.717. The predicted octanol–water partition coefficient (Wildman–Crippen LogP) is 15.6. The van der Waals surface area contributed by atoms with E-state index in [1.165, 1.54) is 141 Å². The number of carbonyl (C=O) groups is 1. The zero-order valence-electron chi connectivity index (χ0n) is 37.6. The van der Waals surface area contributed by atoms with Gasteiger partial charge in [-0.1, -0.05) is 234 Å². The molecular formula is C53H93NO3. The summed E-state index contributed by atoms with van der Waals surface area (Å²) in [5.41, 5.74) is 0. The van der Waals surface area contributed by atoms with Gasteiger partial charge in [-0.3, -0.25) is 4.79 Å². The number of allylic oxidation sites excluding steroid dienone is 13. The molecule has 0 aromatic carbocycles. The molecule has 0 fully saturated rings. The van der Waals surface area contributed by atoms with Crippen LogP contribution in [0.1, 0.15) is 226 Å². The fourth-order valence-corrected chi connectivity index (χ4v) is 6.94. The first kappa shape index (κ1) is 54.6. The number of nitrogens with one attached hydrogen (secondary N) is 1. The SMILES string of the molecule is CC/C=C\C/C=C\C/C=C\C/C=C\C/C=C\CCCC(=O)NC(CO)C(O)/C=C/CC/C=C/CCCCCCCCCCCCCCCCCCCCCCCC. The maximum atomic E-state index is 12.4. The average Bonchev–Trinajstić information content (AvgIpc) is 3.22. The van der Waals surface area contributed by atoms with Crippen LogP contribution in [0.4, 0.5) is 0 Å². The molecule has 328 valence electrons. The highest BCUT2D eigenvalue weighted by molar-refractivity contribution is 5.76. The summed E-state index contributed by atoms with van der Waals surface area (Å²) in [4.78, 5) is 12.4. The summed E-state index contributed by atoms with van der Waals surface area (Å²) in [6.45, 7) is 4.16. The molecule has 0 aliphatic rings. The summed E-state index contributed by atoms with van der Waals surface area (Å²) in [7, 11) is 0. The Labute approximate surface area is 354 Å². The summed E-state index contributed by atoms with van der Waals surface area (Å²) < 4.78 is 0. The first-order valence-electron chi connectivity index (χ1n) is 24.3. The van der Waals surface area contributed by atoms with Crippen LogP contribution >= 0.6 is 0 Å². The number of carbonyl (C=O) groups excluding carboxylic acids is 1. The van der Waals surface area contributed by atoms with E-state index in [0.717, 1.165) is 64.2 Å². The molecule has 4 heteroatoms. The maximum absolute atomic E-state index is 12.4. The van der Waals surface area contributed by atoms with Crippen LogP contribution in [0.3, 0.4) is 0 Å². The van der Waals surface area contributed by atoms with Crippen LogP contribution in [0.25, 0.3) is 0 Å². The van der Waals surface area contributed by atoms with Crippen molar-refractivity contribution >= 4 is 5.91 Å². The minimum Gasteiger partial charge on any atom is -0.394 e. The molecule has 0 spiro atoms. The minimum atomic E-state index is -0.891. The van der Waals surface area contributed by atoms with Crippen LogP contribution in [0, 0.1) is 0 Å². The van der Waals surface area contributed by atoms with Crippen molar-refractivity contribution in [3.63, 3.8) is 0 Å². The number of unbranched alkanes of at least 4 members (excludes halogenated alkanes) is 24. The molecular weight excluding hydrogens is 699 g/mol. The predicted molar refractivity (Wildman–Crippen MR) is 253 cm³/mol. The first-order chi connectivity index (χ1) is 28.2. The number of rotatable bonds is 43. The lowest BCUT2D eigenvalue weighted by atomic mass is 10.0. The Hall–Kier alpha value is -2.43.